The first kappa shape index (κ1) is 18.6. The number of piperidine rings is 1. The number of nitriles is 1. The van der Waals surface area contributed by atoms with Crippen LogP contribution in [0.5, 0.6) is 0 Å². The Balaban J connectivity index is 1.29. The van der Waals surface area contributed by atoms with Crippen LogP contribution in [0, 0.1) is 22.7 Å². The molecule has 2 aliphatic rings. The summed E-state index contributed by atoms with van der Waals surface area (Å²) in [5.74, 6) is 1.04. The molecule has 1 unspecified atom stereocenters. The zero-order valence-corrected chi connectivity index (χ0v) is 16.8. The SMILES string of the molecule is C[C@H](NC(=O)C1CCN(c2ncnc3[nH]ccc23)CC12CC2)c1ccc(C#N)cn1. The van der Waals surface area contributed by atoms with Gasteiger partial charge < -0.3 is 15.2 Å². The van der Waals surface area contributed by atoms with Crippen LogP contribution in [0.4, 0.5) is 5.82 Å². The lowest BCUT2D eigenvalue weighted by atomic mass is 9.81. The van der Waals surface area contributed by atoms with Gasteiger partial charge in [0.05, 0.1) is 22.7 Å². The van der Waals surface area contributed by atoms with Crippen LogP contribution < -0.4 is 10.2 Å². The number of nitrogens with zero attached hydrogens (tertiary/aromatic N) is 5. The molecule has 1 spiro atoms. The fourth-order valence-electron chi connectivity index (χ4n) is 4.64. The van der Waals surface area contributed by atoms with E-state index in [-0.39, 0.29) is 23.3 Å². The molecule has 1 amide bonds. The number of hydrogen-bond donors (Lipinski definition) is 2. The second-order valence-electron chi connectivity index (χ2n) is 8.38. The first-order chi connectivity index (χ1) is 14.6. The van der Waals surface area contributed by atoms with Crippen LogP contribution in [0.1, 0.15) is 43.5 Å². The summed E-state index contributed by atoms with van der Waals surface area (Å²) in [6.45, 7) is 3.57. The molecule has 1 saturated heterocycles. The Bertz CT molecular complexity index is 1130. The molecule has 30 heavy (non-hydrogen) atoms. The first-order valence-electron chi connectivity index (χ1n) is 10.3. The van der Waals surface area contributed by atoms with Gasteiger partial charge in [-0.2, -0.15) is 5.26 Å². The van der Waals surface area contributed by atoms with Crippen LogP contribution in [0.3, 0.4) is 0 Å². The number of fused-ring (bicyclic) bond motifs is 1. The van der Waals surface area contributed by atoms with Crippen molar-refractivity contribution in [1.82, 2.24) is 25.3 Å². The Morgan fingerprint density at radius 1 is 1.33 bits per heavy atom. The van der Waals surface area contributed by atoms with E-state index in [4.69, 9.17) is 5.26 Å². The van der Waals surface area contributed by atoms with E-state index in [2.05, 4.69) is 36.2 Å². The molecule has 8 nitrogen and oxygen atoms in total. The molecule has 1 saturated carbocycles. The smallest absolute Gasteiger partial charge is 0.224 e. The van der Waals surface area contributed by atoms with Crippen molar-refractivity contribution in [3.05, 3.63) is 48.2 Å². The Kier molecular flexibility index (Phi) is 4.39. The summed E-state index contributed by atoms with van der Waals surface area (Å²) >= 11 is 0. The van der Waals surface area contributed by atoms with Crippen LogP contribution in [-0.2, 0) is 4.79 Å². The monoisotopic (exact) mass is 401 g/mol. The standard InChI is InChI=1S/C22H23N7O/c1-14(18-3-2-15(10-23)11-25-18)28-21(30)17-5-9-29(12-22(17)6-7-22)20-16-4-8-24-19(16)26-13-27-20/h2-4,8,11,13-14,17H,5-7,9,12H2,1H3,(H,28,30)(H,24,26,27)/t14-,17?/m0/s1. The van der Waals surface area contributed by atoms with Crippen LogP contribution in [0.15, 0.2) is 36.9 Å². The lowest BCUT2D eigenvalue weighted by Gasteiger charge is -2.39. The zero-order chi connectivity index (χ0) is 20.7. The molecule has 3 aromatic rings. The highest BCUT2D eigenvalue weighted by atomic mass is 16.2. The lowest BCUT2D eigenvalue weighted by molar-refractivity contribution is -0.128. The molecule has 0 bridgehead atoms. The topological polar surface area (TPSA) is 111 Å². The van der Waals surface area contributed by atoms with E-state index in [0.717, 1.165) is 54.9 Å². The van der Waals surface area contributed by atoms with Gasteiger partial charge in [0.1, 0.15) is 23.9 Å². The molecule has 152 valence electrons. The van der Waals surface area contributed by atoms with E-state index in [1.807, 2.05) is 19.2 Å². The number of pyridine rings is 1. The van der Waals surface area contributed by atoms with E-state index in [1.165, 1.54) is 0 Å². The highest BCUT2D eigenvalue weighted by Crippen LogP contribution is 2.56. The number of carbonyl (C=O) groups excluding carboxylic acids is 1. The zero-order valence-electron chi connectivity index (χ0n) is 16.8. The van der Waals surface area contributed by atoms with Crippen molar-refractivity contribution in [3.63, 3.8) is 0 Å². The molecule has 0 aromatic carbocycles. The number of amides is 1. The average Bonchev–Trinajstić information content (AvgIpc) is 3.34. The number of hydrogen-bond acceptors (Lipinski definition) is 6. The van der Waals surface area contributed by atoms with Gasteiger partial charge in [-0.05, 0) is 49.8 Å². The number of aromatic amines is 1. The van der Waals surface area contributed by atoms with Crippen LogP contribution >= 0.6 is 0 Å². The van der Waals surface area contributed by atoms with Gasteiger partial charge >= 0.3 is 0 Å². The van der Waals surface area contributed by atoms with Gasteiger partial charge in [0.2, 0.25) is 5.91 Å². The van der Waals surface area contributed by atoms with Gasteiger partial charge in [0, 0.05) is 31.4 Å². The predicted molar refractivity (Wildman–Crippen MR) is 111 cm³/mol. The van der Waals surface area contributed by atoms with Crippen molar-refractivity contribution in [2.24, 2.45) is 11.3 Å². The molecule has 8 heteroatoms. The summed E-state index contributed by atoms with van der Waals surface area (Å²) in [7, 11) is 0. The first-order valence-corrected chi connectivity index (χ1v) is 10.3. The molecule has 1 aliphatic heterocycles. The number of nitrogens with one attached hydrogen (secondary N) is 2. The molecule has 5 rings (SSSR count). The highest BCUT2D eigenvalue weighted by Gasteiger charge is 2.55. The van der Waals surface area contributed by atoms with Crippen LogP contribution in [0.2, 0.25) is 0 Å². The number of rotatable bonds is 4. The minimum absolute atomic E-state index is 0.00173. The minimum Gasteiger partial charge on any atom is -0.355 e. The van der Waals surface area contributed by atoms with Crippen molar-refractivity contribution < 1.29 is 4.79 Å². The molecule has 2 fully saturated rings. The number of H-pyrrole nitrogens is 1. The van der Waals surface area contributed by atoms with Crippen LogP contribution in [-0.4, -0.2) is 38.9 Å². The van der Waals surface area contributed by atoms with Crippen molar-refractivity contribution in [2.45, 2.75) is 32.2 Å². The van der Waals surface area contributed by atoms with Gasteiger partial charge in [-0.15, -0.1) is 0 Å². The molecular weight excluding hydrogens is 378 g/mol. The molecule has 1 aliphatic carbocycles. The molecule has 0 radical (unpaired) electrons. The lowest BCUT2D eigenvalue weighted by Crippen LogP contribution is -2.48. The van der Waals surface area contributed by atoms with Gasteiger partial charge in [0.15, 0.2) is 0 Å². The molecule has 3 aromatic heterocycles. The van der Waals surface area contributed by atoms with E-state index < -0.39 is 0 Å². The fourth-order valence-corrected chi connectivity index (χ4v) is 4.64. The minimum atomic E-state index is -0.194. The summed E-state index contributed by atoms with van der Waals surface area (Å²) < 4.78 is 0. The third kappa shape index (κ3) is 3.16. The maximum atomic E-state index is 13.1. The summed E-state index contributed by atoms with van der Waals surface area (Å²) in [6.07, 6.45) is 7.95. The van der Waals surface area contributed by atoms with E-state index in [1.54, 1.807) is 24.7 Å². The molecule has 2 N–H and O–H groups in total. The van der Waals surface area contributed by atoms with E-state index in [9.17, 15) is 4.79 Å². The second kappa shape index (κ2) is 7.10. The average molecular weight is 401 g/mol. The summed E-state index contributed by atoms with van der Waals surface area (Å²) in [4.78, 5) is 31.7. The van der Waals surface area contributed by atoms with Crippen LogP contribution in [0.25, 0.3) is 11.0 Å². The Morgan fingerprint density at radius 3 is 2.93 bits per heavy atom. The largest absolute Gasteiger partial charge is 0.355 e. The Labute approximate surface area is 174 Å². The maximum absolute atomic E-state index is 13.1. The number of anilines is 1. The fraction of sp³-hybridized carbons (Fsp3) is 0.409. The molecular formula is C22H23N7O. The van der Waals surface area contributed by atoms with Crippen molar-refractivity contribution in [2.75, 3.05) is 18.0 Å². The molecule has 2 atom stereocenters. The van der Waals surface area contributed by atoms with Gasteiger partial charge in [-0.25, -0.2) is 9.97 Å². The summed E-state index contributed by atoms with van der Waals surface area (Å²) in [6, 6.07) is 7.41. The quantitative estimate of drug-likeness (QED) is 0.695. The van der Waals surface area contributed by atoms with E-state index >= 15 is 0 Å². The maximum Gasteiger partial charge on any atom is 0.224 e. The predicted octanol–water partition coefficient (Wildman–Crippen LogP) is 2.71. The third-order valence-corrected chi connectivity index (χ3v) is 6.49. The third-order valence-electron chi connectivity index (χ3n) is 6.49. The number of aromatic nitrogens is 4. The summed E-state index contributed by atoms with van der Waals surface area (Å²) in [5.41, 5.74) is 2.14. The van der Waals surface area contributed by atoms with Crippen molar-refractivity contribution in [3.8, 4) is 6.07 Å². The van der Waals surface area contributed by atoms with Gasteiger partial charge in [0.25, 0.3) is 0 Å². The molecule has 4 heterocycles. The number of carbonyl (C=O) groups is 1. The Hall–Kier alpha value is -3.47. The van der Waals surface area contributed by atoms with Crippen molar-refractivity contribution >= 4 is 22.8 Å². The van der Waals surface area contributed by atoms with Crippen molar-refractivity contribution in [1.29, 1.82) is 5.26 Å². The highest BCUT2D eigenvalue weighted by molar-refractivity contribution is 5.87. The van der Waals surface area contributed by atoms with Gasteiger partial charge in [-0.1, -0.05) is 0 Å². The second-order valence-corrected chi connectivity index (χ2v) is 8.38. The summed E-state index contributed by atoms with van der Waals surface area (Å²) in [5, 5.41) is 13.1. The normalized spacial score (nSPS) is 20.7. The Morgan fingerprint density at radius 2 is 2.20 bits per heavy atom. The van der Waals surface area contributed by atoms with E-state index in [0.29, 0.717) is 5.56 Å². The van der Waals surface area contributed by atoms with Gasteiger partial charge in [-0.3, -0.25) is 9.78 Å².